The molecule has 0 aliphatic carbocycles. The van der Waals surface area contributed by atoms with Gasteiger partial charge in [0.1, 0.15) is 6.61 Å². The van der Waals surface area contributed by atoms with Crippen LogP contribution in [0.25, 0.3) is 5.70 Å². The van der Waals surface area contributed by atoms with E-state index in [0.717, 1.165) is 22.3 Å². The van der Waals surface area contributed by atoms with Gasteiger partial charge in [-0.15, -0.1) is 0 Å². The summed E-state index contributed by atoms with van der Waals surface area (Å²) in [5, 5.41) is 3.28. The smallest absolute Gasteiger partial charge is 0.338 e. The molecule has 0 aromatic heterocycles. The van der Waals surface area contributed by atoms with E-state index in [1.807, 2.05) is 91.9 Å². The fourth-order valence-corrected chi connectivity index (χ4v) is 4.21. The van der Waals surface area contributed by atoms with Crippen molar-refractivity contribution in [1.29, 1.82) is 0 Å². The fraction of sp³-hybridized carbons (Fsp3) is 0.188. The van der Waals surface area contributed by atoms with E-state index in [9.17, 15) is 9.59 Å². The van der Waals surface area contributed by atoms with E-state index < -0.39 is 17.9 Å². The van der Waals surface area contributed by atoms with Crippen LogP contribution < -0.4 is 5.32 Å². The van der Waals surface area contributed by atoms with E-state index in [0.29, 0.717) is 17.0 Å². The summed E-state index contributed by atoms with van der Waals surface area (Å²) < 4.78 is 11.2. The highest BCUT2D eigenvalue weighted by Crippen LogP contribution is 2.35. The second kappa shape index (κ2) is 11.9. The number of carbonyl (C=O) groups is 2. The minimum absolute atomic E-state index is 0.0996. The highest BCUT2D eigenvalue weighted by Gasteiger charge is 2.37. The summed E-state index contributed by atoms with van der Waals surface area (Å²) in [7, 11) is 0. The van der Waals surface area contributed by atoms with Crippen LogP contribution in [0.1, 0.15) is 36.1 Å². The minimum atomic E-state index is -0.847. The van der Waals surface area contributed by atoms with Crippen molar-refractivity contribution < 1.29 is 19.1 Å². The first-order chi connectivity index (χ1) is 18.0. The van der Waals surface area contributed by atoms with Crippen LogP contribution in [-0.2, 0) is 25.7 Å². The number of rotatable bonds is 6. The monoisotopic (exact) mass is 491 g/mol. The first kappa shape index (κ1) is 25.5. The quantitative estimate of drug-likeness (QED) is 0.361. The van der Waals surface area contributed by atoms with Crippen molar-refractivity contribution >= 4 is 17.6 Å². The van der Waals surface area contributed by atoms with Gasteiger partial charge in [0.15, 0.2) is 0 Å². The molecule has 1 N–H and O–H groups in total. The van der Waals surface area contributed by atoms with Crippen LogP contribution in [0.3, 0.4) is 0 Å². The maximum absolute atomic E-state index is 13.7. The number of benzene rings is 3. The van der Waals surface area contributed by atoms with Crippen molar-refractivity contribution in [1.82, 2.24) is 5.32 Å². The molecule has 0 unspecified atom stereocenters. The lowest BCUT2D eigenvalue weighted by molar-refractivity contribution is -0.140. The molecule has 3 aromatic carbocycles. The lowest BCUT2D eigenvalue weighted by atomic mass is 9.84. The van der Waals surface area contributed by atoms with Crippen LogP contribution >= 0.6 is 0 Å². The number of aryl methyl sites for hydroxylation is 1. The Bertz CT molecular complexity index is 1410. The Labute approximate surface area is 217 Å². The molecule has 3 aromatic rings. The molecule has 0 saturated heterocycles. The maximum Gasteiger partial charge on any atom is 0.338 e. The molecular weight excluding hydrogens is 462 g/mol. The van der Waals surface area contributed by atoms with Crippen molar-refractivity contribution in [3.63, 3.8) is 0 Å². The van der Waals surface area contributed by atoms with E-state index in [2.05, 4.69) is 17.2 Å². The molecule has 1 aliphatic heterocycles. The molecular formula is C32H29NO4. The Morgan fingerprint density at radius 2 is 1.51 bits per heavy atom. The Hall–Kier alpha value is -4.56. The predicted molar refractivity (Wildman–Crippen MR) is 144 cm³/mol. The Morgan fingerprint density at radius 1 is 0.838 bits per heavy atom. The first-order valence-corrected chi connectivity index (χ1v) is 12.2. The second-order valence-corrected chi connectivity index (χ2v) is 8.67. The first-order valence-electron chi connectivity index (χ1n) is 12.2. The molecule has 186 valence electrons. The summed E-state index contributed by atoms with van der Waals surface area (Å²) in [4.78, 5) is 26.8. The zero-order valence-electron chi connectivity index (χ0n) is 21.2. The summed E-state index contributed by atoms with van der Waals surface area (Å²) >= 11 is 0. The molecule has 0 fully saturated rings. The lowest BCUT2D eigenvalue weighted by Gasteiger charge is -2.29. The van der Waals surface area contributed by atoms with E-state index in [1.54, 1.807) is 13.8 Å². The zero-order valence-corrected chi connectivity index (χ0v) is 21.2. The molecule has 1 heterocycles. The van der Waals surface area contributed by atoms with Gasteiger partial charge in [0.05, 0.1) is 29.4 Å². The van der Waals surface area contributed by atoms with Gasteiger partial charge in [0.25, 0.3) is 0 Å². The Kier molecular flexibility index (Phi) is 8.22. The summed E-state index contributed by atoms with van der Waals surface area (Å²) in [5.41, 5.74) is 5.24. The summed E-state index contributed by atoms with van der Waals surface area (Å²) in [6.07, 6.45) is 0. The molecule has 0 saturated carbocycles. The van der Waals surface area contributed by atoms with Crippen LogP contribution in [0, 0.1) is 24.7 Å². The highest BCUT2D eigenvalue weighted by atomic mass is 16.5. The van der Waals surface area contributed by atoms with Crippen LogP contribution in [0.4, 0.5) is 0 Å². The summed E-state index contributed by atoms with van der Waals surface area (Å²) in [5.74, 6) is 4.42. The number of dihydropyridines is 1. The molecule has 5 nitrogen and oxygen atoms in total. The topological polar surface area (TPSA) is 64.6 Å². The minimum Gasteiger partial charge on any atom is -0.463 e. The predicted octanol–water partition coefficient (Wildman–Crippen LogP) is 5.56. The van der Waals surface area contributed by atoms with Gasteiger partial charge >= 0.3 is 11.9 Å². The third-order valence-electron chi connectivity index (χ3n) is 5.93. The molecule has 0 amide bonds. The van der Waals surface area contributed by atoms with Crippen LogP contribution in [0.5, 0.6) is 0 Å². The van der Waals surface area contributed by atoms with Gasteiger partial charge in [-0.3, -0.25) is 0 Å². The van der Waals surface area contributed by atoms with E-state index in [-0.39, 0.29) is 18.8 Å². The van der Waals surface area contributed by atoms with Gasteiger partial charge in [-0.2, -0.15) is 0 Å². The zero-order chi connectivity index (χ0) is 26.2. The van der Waals surface area contributed by atoms with Crippen LogP contribution in [-0.4, -0.2) is 18.5 Å². The number of hydrogen-bond donors (Lipinski definition) is 1. The van der Waals surface area contributed by atoms with Gasteiger partial charge in [-0.05, 0) is 44.0 Å². The molecule has 1 aliphatic rings. The molecule has 5 heteroatoms. The summed E-state index contributed by atoms with van der Waals surface area (Å²) in [6, 6.07) is 26.7. The lowest BCUT2D eigenvalue weighted by Crippen LogP contribution is -2.33. The maximum atomic E-state index is 13.7. The average molecular weight is 492 g/mol. The van der Waals surface area contributed by atoms with E-state index in [1.165, 1.54) is 0 Å². The molecule has 0 spiro atoms. The number of carbonyl (C=O) groups excluding carboxylic acids is 2. The van der Waals surface area contributed by atoms with Gasteiger partial charge in [0.2, 0.25) is 0 Å². The molecule has 37 heavy (non-hydrogen) atoms. The SMILES string of the molecule is CCOC(=O)C1=C(C)NC(c2ccccc2)=C(C(=O)OCc2cccc(C)c2)[C@@H]1C#Cc1ccccc1. The number of ether oxygens (including phenoxy) is 2. The number of hydrogen-bond acceptors (Lipinski definition) is 5. The second-order valence-electron chi connectivity index (χ2n) is 8.67. The Balaban J connectivity index is 1.82. The molecule has 0 radical (unpaired) electrons. The third kappa shape index (κ3) is 6.17. The van der Waals surface area contributed by atoms with Gasteiger partial charge in [-0.1, -0.05) is 90.2 Å². The Morgan fingerprint density at radius 3 is 2.19 bits per heavy atom. The van der Waals surface area contributed by atoms with Crippen molar-refractivity contribution in [2.24, 2.45) is 5.92 Å². The van der Waals surface area contributed by atoms with Crippen molar-refractivity contribution in [2.45, 2.75) is 27.4 Å². The standard InChI is InChI=1S/C32H29NO4/c1-4-36-31(34)28-23(3)33-30(26-16-9-6-10-17-26)29(27(28)19-18-24-13-7-5-8-14-24)32(35)37-21-25-15-11-12-22(2)20-25/h5-17,20,27,33H,4,21H2,1-3H3/t27-/m1/s1. The highest BCUT2D eigenvalue weighted by molar-refractivity contribution is 6.04. The van der Waals surface area contributed by atoms with Crippen LogP contribution in [0.15, 0.2) is 102 Å². The summed E-state index contributed by atoms with van der Waals surface area (Å²) in [6.45, 7) is 5.83. The average Bonchev–Trinajstić information content (AvgIpc) is 2.91. The van der Waals surface area contributed by atoms with Gasteiger partial charge in [-0.25, -0.2) is 9.59 Å². The van der Waals surface area contributed by atoms with E-state index >= 15 is 0 Å². The number of esters is 2. The molecule has 4 rings (SSSR count). The normalized spacial score (nSPS) is 14.8. The largest absolute Gasteiger partial charge is 0.463 e. The fourth-order valence-electron chi connectivity index (χ4n) is 4.21. The van der Waals surface area contributed by atoms with Crippen molar-refractivity contribution in [2.75, 3.05) is 6.61 Å². The van der Waals surface area contributed by atoms with Gasteiger partial charge < -0.3 is 14.8 Å². The number of nitrogens with one attached hydrogen (secondary N) is 1. The van der Waals surface area contributed by atoms with Crippen molar-refractivity contribution in [3.8, 4) is 11.8 Å². The molecule has 1 atom stereocenters. The van der Waals surface area contributed by atoms with Gasteiger partial charge in [0, 0.05) is 11.3 Å². The van der Waals surface area contributed by atoms with Crippen LogP contribution in [0.2, 0.25) is 0 Å². The van der Waals surface area contributed by atoms with Crippen molar-refractivity contribution in [3.05, 3.63) is 124 Å². The number of allylic oxidation sites excluding steroid dienone is 1. The van der Waals surface area contributed by atoms with E-state index in [4.69, 9.17) is 9.47 Å². The molecule has 0 bridgehead atoms. The third-order valence-corrected chi connectivity index (χ3v) is 5.93.